The molecule has 0 aromatic heterocycles. The van der Waals surface area contributed by atoms with Crippen LogP contribution in [0.3, 0.4) is 0 Å². The van der Waals surface area contributed by atoms with Crippen molar-refractivity contribution < 1.29 is 38.0 Å². The zero-order valence-electron chi connectivity index (χ0n) is 19.3. The van der Waals surface area contributed by atoms with Crippen LogP contribution in [0.15, 0.2) is 0 Å². The molecular weight excluding hydrogens is 392 g/mol. The molecule has 0 aliphatic rings. The predicted molar refractivity (Wildman–Crippen MR) is 113 cm³/mol. The summed E-state index contributed by atoms with van der Waals surface area (Å²) >= 11 is 0. The van der Waals surface area contributed by atoms with Gasteiger partial charge >= 0.3 is 11.9 Å². The van der Waals surface area contributed by atoms with Crippen LogP contribution in [0, 0.1) is 0 Å². The fourth-order valence-electron chi connectivity index (χ4n) is 2.34. The summed E-state index contributed by atoms with van der Waals surface area (Å²) in [6.07, 6.45) is 4.56. The zero-order chi connectivity index (χ0) is 22.5. The highest BCUT2D eigenvalue weighted by atomic mass is 16.7. The van der Waals surface area contributed by atoms with Crippen LogP contribution >= 0.6 is 0 Å². The van der Waals surface area contributed by atoms with Crippen LogP contribution in [0.4, 0.5) is 0 Å². The Hall–Kier alpha value is -1.22. The topological polar surface area (TPSA) is 89.5 Å². The van der Waals surface area contributed by atoms with Crippen LogP contribution in [0.2, 0.25) is 0 Å². The molecule has 2 unspecified atom stereocenters. The van der Waals surface area contributed by atoms with E-state index in [2.05, 4.69) is 13.8 Å². The maximum absolute atomic E-state index is 11.8. The Labute approximate surface area is 181 Å². The summed E-state index contributed by atoms with van der Waals surface area (Å²) in [5.41, 5.74) is 0. The van der Waals surface area contributed by atoms with Crippen LogP contribution < -0.4 is 0 Å². The Morgan fingerprint density at radius 1 is 0.600 bits per heavy atom. The van der Waals surface area contributed by atoms with Crippen LogP contribution in [0.1, 0.15) is 79.1 Å². The molecule has 0 aromatic carbocycles. The van der Waals surface area contributed by atoms with Gasteiger partial charge in [0.2, 0.25) is 0 Å². The maximum atomic E-state index is 11.8. The third-order valence-electron chi connectivity index (χ3n) is 4.05. The zero-order valence-corrected chi connectivity index (χ0v) is 19.3. The molecule has 30 heavy (non-hydrogen) atoms. The number of ether oxygens (including phenoxy) is 6. The minimum Gasteiger partial charge on any atom is -0.436 e. The first-order valence-corrected chi connectivity index (χ1v) is 11.3. The number of carbonyl (C=O) groups excluding carboxylic acids is 2. The third-order valence-corrected chi connectivity index (χ3v) is 4.05. The summed E-state index contributed by atoms with van der Waals surface area (Å²) in [4.78, 5) is 23.6. The normalized spacial score (nSPS) is 13.1. The van der Waals surface area contributed by atoms with E-state index in [1.165, 1.54) is 0 Å². The molecule has 0 heterocycles. The fraction of sp³-hybridized carbons (Fsp3) is 0.909. The largest absolute Gasteiger partial charge is 0.436 e. The molecule has 0 saturated heterocycles. The summed E-state index contributed by atoms with van der Waals surface area (Å²) in [6, 6.07) is 0. The van der Waals surface area contributed by atoms with Gasteiger partial charge in [-0.25, -0.2) is 0 Å². The average molecular weight is 435 g/mol. The molecule has 0 aliphatic heterocycles. The van der Waals surface area contributed by atoms with Crippen molar-refractivity contribution in [2.24, 2.45) is 0 Å². The van der Waals surface area contributed by atoms with Gasteiger partial charge in [-0.2, -0.15) is 0 Å². The molecule has 0 spiro atoms. The second-order valence-electron chi connectivity index (χ2n) is 7.00. The number of hydrogen-bond donors (Lipinski definition) is 0. The van der Waals surface area contributed by atoms with Crippen molar-refractivity contribution in [1.82, 2.24) is 0 Å². The van der Waals surface area contributed by atoms with Gasteiger partial charge in [0, 0.05) is 26.1 Å². The van der Waals surface area contributed by atoms with Crippen molar-refractivity contribution in [2.45, 2.75) is 91.6 Å². The Morgan fingerprint density at radius 3 is 1.37 bits per heavy atom. The first-order chi connectivity index (χ1) is 14.5. The molecule has 8 nitrogen and oxygen atoms in total. The lowest BCUT2D eigenvalue weighted by atomic mass is 10.2. The average Bonchev–Trinajstić information content (AvgIpc) is 2.70. The van der Waals surface area contributed by atoms with E-state index in [0.717, 1.165) is 38.9 Å². The van der Waals surface area contributed by atoms with E-state index >= 15 is 0 Å². The molecule has 0 amide bonds. The summed E-state index contributed by atoms with van der Waals surface area (Å²) in [5.74, 6) is -0.690. The van der Waals surface area contributed by atoms with Crippen LogP contribution in [0.5, 0.6) is 0 Å². The van der Waals surface area contributed by atoms with Crippen molar-refractivity contribution in [3.63, 3.8) is 0 Å². The molecule has 0 aliphatic carbocycles. The quantitative estimate of drug-likeness (QED) is 0.152. The maximum Gasteiger partial charge on any atom is 0.308 e. The van der Waals surface area contributed by atoms with Crippen molar-refractivity contribution in [2.75, 3.05) is 39.6 Å². The standard InChI is InChI=1S/C22H42O8/c1-5-7-13-25-15-17-27-19(3)29-21(23)11-9-10-12-22(24)30-20(4)28-18-16-26-14-8-6-2/h19-20H,5-18H2,1-4H3. The molecule has 0 rings (SSSR count). The second kappa shape index (κ2) is 21.0. The number of hydrogen-bond acceptors (Lipinski definition) is 8. The molecule has 2 atom stereocenters. The summed E-state index contributed by atoms with van der Waals surface area (Å²) in [6.45, 7) is 10.7. The minimum absolute atomic E-state index is 0.231. The molecule has 8 heteroatoms. The fourth-order valence-corrected chi connectivity index (χ4v) is 2.34. The molecule has 0 fully saturated rings. The SMILES string of the molecule is CCCCOCCOC(C)OC(=O)CCCCC(=O)OC(C)OCCOCCCC. The van der Waals surface area contributed by atoms with E-state index in [-0.39, 0.29) is 24.8 Å². The highest BCUT2D eigenvalue weighted by Crippen LogP contribution is 2.06. The van der Waals surface area contributed by atoms with E-state index in [1.807, 2.05) is 0 Å². The van der Waals surface area contributed by atoms with Crippen LogP contribution in [0.25, 0.3) is 0 Å². The van der Waals surface area contributed by atoms with E-state index in [4.69, 9.17) is 28.4 Å². The van der Waals surface area contributed by atoms with Gasteiger partial charge in [0.1, 0.15) is 0 Å². The van der Waals surface area contributed by atoms with Crippen molar-refractivity contribution in [3.8, 4) is 0 Å². The first kappa shape index (κ1) is 28.8. The molecule has 0 N–H and O–H groups in total. The van der Waals surface area contributed by atoms with E-state index in [0.29, 0.717) is 39.3 Å². The highest BCUT2D eigenvalue weighted by molar-refractivity contribution is 5.70. The Bertz CT molecular complexity index is 378. The first-order valence-electron chi connectivity index (χ1n) is 11.3. The Kier molecular flexibility index (Phi) is 20.2. The summed E-state index contributed by atoms with van der Waals surface area (Å²) < 4.78 is 31.8. The van der Waals surface area contributed by atoms with Crippen LogP contribution in [-0.4, -0.2) is 64.2 Å². The van der Waals surface area contributed by atoms with Gasteiger partial charge < -0.3 is 28.4 Å². The number of esters is 2. The monoisotopic (exact) mass is 434 g/mol. The Morgan fingerprint density at radius 2 is 1.00 bits per heavy atom. The number of carbonyl (C=O) groups is 2. The van der Waals surface area contributed by atoms with E-state index in [1.54, 1.807) is 13.8 Å². The minimum atomic E-state index is -0.610. The summed E-state index contributed by atoms with van der Waals surface area (Å²) in [5, 5.41) is 0. The van der Waals surface area contributed by atoms with E-state index in [9.17, 15) is 9.59 Å². The number of unbranched alkanes of at least 4 members (excludes halogenated alkanes) is 3. The summed E-state index contributed by atoms with van der Waals surface area (Å²) in [7, 11) is 0. The lowest BCUT2D eigenvalue weighted by Crippen LogP contribution is -2.21. The molecule has 178 valence electrons. The lowest BCUT2D eigenvalue weighted by molar-refractivity contribution is -0.179. The van der Waals surface area contributed by atoms with Gasteiger partial charge in [-0.1, -0.05) is 26.7 Å². The third kappa shape index (κ3) is 20.1. The predicted octanol–water partition coefficient (Wildman–Crippen LogP) is 3.99. The van der Waals surface area contributed by atoms with Gasteiger partial charge in [-0.3, -0.25) is 9.59 Å². The molecule has 0 saturated carbocycles. The lowest BCUT2D eigenvalue weighted by Gasteiger charge is -2.15. The van der Waals surface area contributed by atoms with Crippen molar-refractivity contribution in [3.05, 3.63) is 0 Å². The van der Waals surface area contributed by atoms with Gasteiger partial charge in [0.15, 0.2) is 12.6 Å². The molecule has 0 aromatic rings. The molecule has 0 radical (unpaired) electrons. The van der Waals surface area contributed by atoms with Gasteiger partial charge in [0.05, 0.1) is 26.4 Å². The smallest absolute Gasteiger partial charge is 0.308 e. The highest BCUT2D eigenvalue weighted by Gasteiger charge is 2.12. The second-order valence-corrected chi connectivity index (χ2v) is 7.00. The van der Waals surface area contributed by atoms with Gasteiger partial charge in [0.25, 0.3) is 0 Å². The van der Waals surface area contributed by atoms with E-state index < -0.39 is 12.6 Å². The van der Waals surface area contributed by atoms with Crippen molar-refractivity contribution >= 4 is 11.9 Å². The van der Waals surface area contributed by atoms with Crippen LogP contribution in [-0.2, 0) is 38.0 Å². The Balaban J connectivity index is 3.59. The van der Waals surface area contributed by atoms with Gasteiger partial charge in [-0.15, -0.1) is 0 Å². The molecular formula is C22H42O8. The van der Waals surface area contributed by atoms with Gasteiger partial charge in [-0.05, 0) is 39.5 Å². The number of rotatable bonds is 21. The molecule has 0 bridgehead atoms. The van der Waals surface area contributed by atoms with Crippen molar-refractivity contribution in [1.29, 1.82) is 0 Å².